The lowest BCUT2D eigenvalue weighted by atomic mass is 10.0. The van der Waals surface area contributed by atoms with E-state index >= 15 is 0 Å². The maximum Gasteiger partial charge on any atom is 0.119 e. The van der Waals surface area contributed by atoms with Crippen LogP contribution in [0.1, 0.15) is 41.0 Å². The summed E-state index contributed by atoms with van der Waals surface area (Å²) in [5.41, 5.74) is 1.20. The minimum atomic E-state index is 0.544. The summed E-state index contributed by atoms with van der Waals surface area (Å²) in [6.45, 7) is 9.50. The zero-order chi connectivity index (χ0) is 12.8. The first-order valence-electron chi connectivity index (χ1n) is 6.70. The van der Waals surface area contributed by atoms with Crippen molar-refractivity contribution in [2.24, 2.45) is 11.8 Å². The van der Waals surface area contributed by atoms with E-state index in [0.717, 1.165) is 25.2 Å². The first kappa shape index (κ1) is 11.5. The lowest BCUT2D eigenvalue weighted by molar-refractivity contribution is 0.289. The number of rotatable bonds is 6. The maximum atomic E-state index is 7.76. The van der Waals surface area contributed by atoms with E-state index in [1.54, 1.807) is 6.07 Å². The van der Waals surface area contributed by atoms with Crippen molar-refractivity contribution in [2.75, 3.05) is 6.61 Å². The van der Waals surface area contributed by atoms with Gasteiger partial charge >= 0.3 is 0 Å². The molecule has 0 heterocycles. The lowest BCUT2D eigenvalue weighted by Crippen LogP contribution is -2.02. The Bertz CT molecular complexity index is 345. The van der Waals surface area contributed by atoms with E-state index in [4.69, 9.17) is 6.11 Å². The van der Waals surface area contributed by atoms with E-state index in [-0.39, 0.29) is 0 Å². The molecular formula is C15H24O. The molecule has 1 nitrogen and oxygen atoms in total. The molecular weight excluding hydrogens is 196 g/mol. The average molecular weight is 221 g/mol. The summed E-state index contributed by atoms with van der Waals surface area (Å²) in [5, 5.41) is 0. The van der Waals surface area contributed by atoms with E-state index in [0.29, 0.717) is 17.9 Å². The van der Waals surface area contributed by atoms with Crippen molar-refractivity contribution < 1.29 is 6.11 Å². The second-order valence-electron chi connectivity index (χ2n) is 5.21. The second-order valence-corrected chi connectivity index (χ2v) is 5.21. The summed E-state index contributed by atoms with van der Waals surface area (Å²) in [4.78, 5) is 0. The van der Waals surface area contributed by atoms with Gasteiger partial charge in [0.25, 0.3) is 0 Å². The van der Waals surface area contributed by atoms with Crippen LogP contribution in [0, 0.1) is 11.8 Å². The van der Waals surface area contributed by atoms with Crippen molar-refractivity contribution >= 4 is 0 Å². The van der Waals surface area contributed by atoms with E-state index < -0.39 is 0 Å². The van der Waals surface area contributed by atoms with Gasteiger partial charge < -0.3 is 4.74 Å². The Kier molecular flexibility index (Phi) is 4.72. The van der Waals surface area contributed by atoms with E-state index in [9.17, 15) is 0 Å². The molecule has 0 spiro atoms. The van der Waals surface area contributed by atoms with Crippen molar-refractivity contribution in [3.63, 3.8) is 0 Å². The van der Waals surface area contributed by atoms with Crippen LogP contribution in [-0.2, 0) is 6.42 Å². The fraction of sp³-hybridized carbons (Fsp3) is 0.600. The minimum absolute atomic E-state index is 0.544. The van der Waals surface area contributed by atoms with Gasteiger partial charge in [0, 0.05) is 0 Å². The Balaban J connectivity index is 2.62. The number of hydrogen-bond acceptors (Lipinski definition) is 1. The largest absolute Gasteiger partial charge is 0.494 e. The molecule has 0 bridgehead atoms. The van der Waals surface area contributed by atoms with Crippen LogP contribution in [-0.4, -0.2) is 6.61 Å². The van der Waals surface area contributed by atoms with E-state index in [2.05, 4.69) is 33.8 Å². The average Bonchev–Trinajstić information content (AvgIpc) is 2.14. The first-order chi connectivity index (χ1) is 7.97. The lowest BCUT2D eigenvalue weighted by Gasteiger charge is -2.10. The van der Waals surface area contributed by atoms with Crippen molar-refractivity contribution in [1.82, 2.24) is 0 Å². The molecule has 0 saturated heterocycles. The monoisotopic (exact) mass is 221 g/mol. The normalized spacial score (nSPS) is 12.0. The third kappa shape index (κ3) is 5.20. The van der Waals surface area contributed by atoms with Crippen LogP contribution in [0.2, 0.25) is 0 Å². The van der Waals surface area contributed by atoms with Gasteiger partial charge in [-0.3, -0.25) is 0 Å². The Morgan fingerprint density at radius 2 is 1.94 bits per heavy atom. The molecule has 1 aromatic carbocycles. The third-order valence-electron chi connectivity index (χ3n) is 2.43. The summed E-state index contributed by atoms with van der Waals surface area (Å²) in [7, 11) is 0. The van der Waals surface area contributed by atoms with Crippen LogP contribution in [0.25, 0.3) is 0 Å². The summed E-state index contributed by atoms with van der Waals surface area (Å²) in [5.74, 6) is 2.11. The van der Waals surface area contributed by atoms with Gasteiger partial charge in [-0.15, -0.1) is 0 Å². The topological polar surface area (TPSA) is 9.23 Å². The second kappa shape index (κ2) is 6.57. The van der Waals surface area contributed by atoms with Gasteiger partial charge in [0.15, 0.2) is 0 Å². The fourth-order valence-electron chi connectivity index (χ4n) is 1.58. The molecule has 1 aromatic rings. The van der Waals surface area contributed by atoms with Crippen LogP contribution >= 0.6 is 0 Å². The standard InChI is InChI=1S/C15H24O/c1-12(2)8-9-16-15-7-5-6-14(11-15)10-13(3)4/h5-7,11-13H,8-10H2,1-4H3/i5D. The van der Waals surface area contributed by atoms with Crippen LogP contribution < -0.4 is 4.74 Å². The maximum absolute atomic E-state index is 7.76. The predicted octanol–water partition coefficient (Wildman–Crippen LogP) is 4.31. The molecule has 0 atom stereocenters. The Hall–Kier alpha value is -0.980. The zero-order valence-electron chi connectivity index (χ0n) is 11.9. The van der Waals surface area contributed by atoms with Crippen LogP contribution in [0.5, 0.6) is 5.75 Å². The molecule has 0 aliphatic rings. The van der Waals surface area contributed by atoms with Gasteiger partial charge in [-0.25, -0.2) is 0 Å². The van der Waals surface area contributed by atoms with Gasteiger partial charge in [0.2, 0.25) is 0 Å². The van der Waals surface area contributed by atoms with E-state index in [1.165, 1.54) is 5.56 Å². The molecule has 0 saturated carbocycles. The fourth-order valence-corrected chi connectivity index (χ4v) is 1.58. The highest BCUT2D eigenvalue weighted by molar-refractivity contribution is 5.28. The molecule has 0 aliphatic heterocycles. The SMILES string of the molecule is [2H]c1cc(CC(C)C)cc(OCCC(C)C)c1. The highest BCUT2D eigenvalue weighted by Crippen LogP contribution is 2.16. The molecule has 0 amide bonds. The van der Waals surface area contributed by atoms with E-state index in [1.807, 2.05) is 6.07 Å². The minimum Gasteiger partial charge on any atom is -0.494 e. The number of hydrogen-bond donors (Lipinski definition) is 0. The van der Waals surface area contributed by atoms with Gasteiger partial charge in [0.1, 0.15) is 5.75 Å². The molecule has 0 unspecified atom stereocenters. The molecule has 0 fully saturated rings. The zero-order valence-corrected chi connectivity index (χ0v) is 10.9. The Morgan fingerprint density at radius 1 is 1.19 bits per heavy atom. The third-order valence-corrected chi connectivity index (χ3v) is 2.43. The molecule has 0 aliphatic carbocycles. The van der Waals surface area contributed by atoms with Gasteiger partial charge in [-0.2, -0.15) is 0 Å². The molecule has 90 valence electrons. The Morgan fingerprint density at radius 3 is 2.56 bits per heavy atom. The van der Waals surface area contributed by atoms with Crippen LogP contribution in [0.4, 0.5) is 0 Å². The van der Waals surface area contributed by atoms with Crippen LogP contribution in [0.15, 0.2) is 24.2 Å². The quantitative estimate of drug-likeness (QED) is 0.695. The molecule has 1 heteroatoms. The van der Waals surface area contributed by atoms with Crippen molar-refractivity contribution in [3.05, 3.63) is 29.8 Å². The van der Waals surface area contributed by atoms with Crippen molar-refractivity contribution in [2.45, 2.75) is 40.5 Å². The van der Waals surface area contributed by atoms with Gasteiger partial charge in [0.05, 0.1) is 7.98 Å². The molecule has 0 aromatic heterocycles. The van der Waals surface area contributed by atoms with Gasteiger partial charge in [-0.05, 0) is 42.4 Å². The predicted molar refractivity (Wildman–Crippen MR) is 69.9 cm³/mol. The van der Waals surface area contributed by atoms with Gasteiger partial charge in [-0.1, -0.05) is 39.8 Å². The summed E-state index contributed by atoms with van der Waals surface area (Å²) in [6.07, 6.45) is 2.06. The van der Waals surface area contributed by atoms with Crippen molar-refractivity contribution in [1.29, 1.82) is 0 Å². The summed E-state index contributed by atoms with van der Waals surface area (Å²) >= 11 is 0. The van der Waals surface area contributed by atoms with Crippen LogP contribution in [0.3, 0.4) is 0 Å². The smallest absolute Gasteiger partial charge is 0.119 e. The summed E-state index contributed by atoms with van der Waals surface area (Å²) in [6, 6.07) is 6.33. The number of ether oxygens (including phenoxy) is 1. The molecule has 16 heavy (non-hydrogen) atoms. The Labute approximate surface area is 101 Å². The molecule has 1 rings (SSSR count). The first-order valence-corrected chi connectivity index (χ1v) is 6.20. The van der Waals surface area contributed by atoms with Crippen molar-refractivity contribution in [3.8, 4) is 5.75 Å². The summed E-state index contributed by atoms with van der Waals surface area (Å²) < 4.78 is 13.5. The molecule has 0 radical (unpaired) electrons. The number of benzene rings is 1. The molecule has 0 N–H and O–H groups in total. The highest BCUT2D eigenvalue weighted by atomic mass is 16.5. The highest BCUT2D eigenvalue weighted by Gasteiger charge is 2.00.